The molecular weight excluding hydrogens is 337 g/mol. The fourth-order valence-corrected chi connectivity index (χ4v) is 3.53. The van der Waals surface area contributed by atoms with E-state index in [2.05, 4.69) is 9.97 Å². The van der Waals surface area contributed by atoms with Crippen LogP contribution in [-0.2, 0) is 6.18 Å². The fourth-order valence-electron chi connectivity index (χ4n) is 3.53. The lowest BCUT2D eigenvalue weighted by molar-refractivity contribution is -0.136. The van der Waals surface area contributed by atoms with Crippen molar-refractivity contribution >= 4 is 43.6 Å². The molecule has 126 valence electrons. The van der Waals surface area contributed by atoms with Crippen molar-refractivity contribution in [3.63, 3.8) is 0 Å². The third-order valence-electron chi connectivity index (χ3n) is 4.65. The minimum Gasteiger partial charge on any atom is -0.244 e. The Hall–Kier alpha value is -3.21. The lowest BCUT2D eigenvalue weighted by Crippen LogP contribution is -2.07. The Morgan fingerprint density at radius 2 is 1.08 bits per heavy atom. The third kappa shape index (κ3) is 2.07. The van der Waals surface area contributed by atoms with E-state index in [0.29, 0.717) is 11.0 Å². The molecule has 5 aromatic rings. The van der Waals surface area contributed by atoms with E-state index in [-0.39, 0.29) is 11.0 Å². The summed E-state index contributed by atoms with van der Waals surface area (Å²) >= 11 is 0. The topological polar surface area (TPSA) is 25.8 Å². The molecule has 0 spiro atoms. The Morgan fingerprint density at radius 1 is 0.538 bits per heavy atom. The zero-order valence-electron chi connectivity index (χ0n) is 13.4. The van der Waals surface area contributed by atoms with Gasteiger partial charge in [-0.15, -0.1) is 0 Å². The SMILES string of the molecule is FC(F)(F)c1cccc2nc3c4ccccc4c4ccccc4c3nc12. The van der Waals surface area contributed by atoms with Gasteiger partial charge in [0.05, 0.1) is 22.1 Å². The van der Waals surface area contributed by atoms with Gasteiger partial charge >= 0.3 is 6.18 Å². The summed E-state index contributed by atoms with van der Waals surface area (Å²) in [6.45, 7) is 0. The van der Waals surface area contributed by atoms with Gasteiger partial charge in [-0.2, -0.15) is 13.2 Å². The quantitative estimate of drug-likeness (QED) is 0.249. The van der Waals surface area contributed by atoms with Crippen LogP contribution in [0.5, 0.6) is 0 Å². The van der Waals surface area contributed by atoms with Gasteiger partial charge < -0.3 is 0 Å². The Kier molecular flexibility index (Phi) is 2.98. The monoisotopic (exact) mass is 348 g/mol. The maximum Gasteiger partial charge on any atom is 0.418 e. The molecule has 0 aliphatic rings. The highest BCUT2D eigenvalue weighted by atomic mass is 19.4. The van der Waals surface area contributed by atoms with E-state index in [1.54, 1.807) is 6.07 Å². The van der Waals surface area contributed by atoms with Crippen molar-refractivity contribution in [1.82, 2.24) is 9.97 Å². The number of benzene rings is 4. The summed E-state index contributed by atoms with van der Waals surface area (Å²) in [6, 6.07) is 19.4. The molecule has 2 nitrogen and oxygen atoms in total. The molecule has 1 heterocycles. The van der Waals surface area contributed by atoms with Crippen LogP contribution in [0, 0.1) is 0 Å². The van der Waals surface area contributed by atoms with Crippen molar-refractivity contribution in [2.75, 3.05) is 0 Å². The Morgan fingerprint density at radius 3 is 1.65 bits per heavy atom. The van der Waals surface area contributed by atoms with Crippen LogP contribution in [-0.4, -0.2) is 9.97 Å². The van der Waals surface area contributed by atoms with Crippen molar-refractivity contribution in [1.29, 1.82) is 0 Å². The molecule has 0 atom stereocenters. The number of rotatable bonds is 0. The van der Waals surface area contributed by atoms with Crippen molar-refractivity contribution in [3.8, 4) is 0 Å². The van der Waals surface area contributed by atoms with Crippen molar-refractivity contribution in [2.24, 2.45) is 0 Å². The number of hydrogen-bond donors (Lipinski definition) is 0. The lowest BCUT2D eigenvalue weighted by Gasteiger charge is -2.13. The van der Waals surface area contributed by atoms with E-state index in [1.165, 1.54) is 6.07 Å². The Balaban J connectivity index is 2.08. The molecule has 1 aromatic heterocycles. The minimum atomic E-state index is -4.48. The first kappa shape index (κ1) is 15.1. The molecule has 0 radical (unpaired) electrons. The number of fused-ring (bicyclic) bond motifs is 7. The van der Waals surface area contributed by atoms with Gasteiger partial charge in [0.2, 0.25) is 0 Å². The normalized spacial score (nSPS) is 12.4. The molecule has 0 saturated heterocycles. The summed E-state index contributed by atoms with van der Waals surface area (Å²) in [6.07, 6.45) is -4.48. The Labute approximate surface area is 145 Å². The molecule has 4 aromatic carbocycles. The van der Waals surface area contributed by atoms with Crippen molar-refractivity contribution in [2.45, 2.75) is 6.18 Å². The maximum atomic E-state index is 13.4. The smallest absolute Gasteiger partial charge is 0.244 e. The maximum absolute atomic E-state index is 13.4. The third-order valence-corrected chi connectivity index (χ3v) is 4.65. The lowest BCUT2D eigenvalue weighted by atomic mass is 9.99. The average molecular weight is 348 g/mol. The van der Waals surface area contributed by atoms with Crippen LogP contribution < -0.4 is 0 Å². The molecule has 5 heteroatoms. The molecule has 0 aliphatic heterocycles. The second kappa shape index (κ2) is 5.14. The highest BCUT2D eigenvalue weighted by Crippen LogP contribution is 2.37. The van der Waals surface area contributed by atoms with Gasteiger partial charge in [0.15, 0.2) is 0 Å². The van der Waals surface area contributed by atoms with Gasteiger partial charge in [-0.1, -0.05) is 54.6 Å². The van der Waals surface area contributed by atoms with Crippen LogP contribution in [0.25, 0.3) is 43.6 Å². The van der Waals surface area contributed by atoms with E-state index in [0.717, 1.165) is 27.6 Å². The molecule has 0 amide bonds. The zero-order chi connectivity index (χ0) is 17.9. The van der Waals surface area contributed by atoms with E-state index in [9.17, 15) is 13.2 Å². The summed E-state index contributed by atoms with van der Waals surface area (Å²) in [5, 5.41) is 3.64. The van der Waals surface area contributed by atoms with E-state index < -0.39 is 11.7 Å². The van der Waals surface area contributed by atoms with Crippen LogP contribution in [0.1, 0.15) is 5.56 Å². The molecule has 0 unspecified atom stereocenters. The van der Waals surface area contributed by atoms with Crippen LogP contribution in [0.2, 0.25) is 0 Å². The summed E-state index contributed by atoms with van der Waals surface area (Å²) in [7, 11) is 0. The number of nitrogens with zero attached hydrogens (tertiary/aromatic N) is 2. The predicted octanol–water partition coefficient (Wildman–Crippen LogP) is 6.11. The van der Waals surface area contributed by atoms with Gasteiger partial charge in [-0.25, -0.2) is 9.97 Å². The van der Waals surface area contributed by atoms with E-state index in [4.69, 9.17) is 0 Å². The molecule has 0 N–H and O–H groups in total. The molecule has 0 aliphatic carbocycles. The standard InChI is InChI=1S/C21H11F3N2/c22-21(23,24)16-10-5-11-17-20(16)26-19-15-9-4-2-7-13(15)12-6-1-3-8-14(12)18(19)25-17/h1-11H. The minimum absolute atomic E-state index is 0.118. The van der Waals surface area contributed by atoms with Crippen LogP contribution in [0.15, 0.2) is 66.7 Å². The summed E-state index contributed by atoms with van der Waals surface area (Å²) < 4.78 is 40.3. The van der Waals surface area contributed by atoms with E-state index >= 15 is 0 Å². The summed E-state index contributed by atoms with van der Waals surface area (Å²) in [5.74, 6) is 0. The van der Waals surface area contributed by atoms with Crippen LogP contribution >= 0.6 is 0 Å². The van der Waals surface area contributed by atoms with Crippen molar-refractivity contribution < 1.29 is 13.2 Å². The first-order chi connectivity index (χ1) is 12.5. The second-order valence-corrected chi connectivity index (χ2v) is 6.18. The van der Waals surface area contributed by atoms with Crippen LogP contribution in [0.3, 0.4) is 0 Å². The number of aromatic nitrogens is 2. The average Bonchev–Trinajstić information content (AvgIpc) is 2.66. The highest BCUT2D eigenvalue weighted by Gasteiger charge is 2.33. The molecule has 0 fully saturated rings. The fraction of sp³-hybridized carbons (Fsp3) is 0.0476. The largest absolute Gasteiger partial charge is 0.418 e. The van der Waals surface area contributed by atoms with Gasteiger partial charge in [-0.3, -0.25) is 0 Å². The van der Waals surface area contributed by atoms with Gasteiger partial charge in [0.1, 0.15) is 5.52 Å². The molecule has 26 heavy (non-hydrogen) atoms. The highest BCUT2D eigenvalue weighted by molar-refractivity contribution is 6.23. The number of halogens is 3. The van der Waals surface area contributed by atoms with Gasteiger partial charge in [0.25, 0.3) is 0 Å². The van der Waals surface area contributed by atoms with Crippen molar-refractivity contribution in [3.05, 3.63) is 72.3 Å². The number of para-hydroxylation sites is 1. The number of hydrogen-bond acceptors (Lipinski definition) is 2. The molecule has 0 saturated carbocycles. The number of alkyl halides is 3. The van der Waals surface area contributed by atoms with Gasteiger partial charge in [0, 0.05) is 10.8 Å². The predicted molar refractivity (Wildman–Crippen MR) is 97.1 cm³/mol. The van der Waals surface area contributed by atoms with Gasteiger partial charge in [-0.05, 0) is 22.9 Å². The Bertz CT molecular complexity index is 1320. The van der Waals surface area contributed by atoms with Crippen LogP contribution in [0.4, 0.5) is 13.2 Å². The second-order valence-electron chi connectivity index (χ2n) is 6.18. The molecule has 0 bridgehead atoms. The molecule has 5 rings (SSSR count). The zero-order valence-corrected chi connectivity index (χ0v) is 13.4. The first-order valence-electron chi connectivity index (χ1n) is 8.11. The summed E-state index contributed by atoms with van der Waals surface area (Å²) in [5.41, 5.74) is 0.469. The molecular formula is C21H11F3N2. The van der Waals surface area contributed by atoms with E-state index in [1.807, 2.05) is 48.5 Å². The first-order valence-corrected chi connectivity index (χ1v) is 8.11. The summed E-state index contributed by atoms with van der Waals surface area (Å²) in [4.78, 5) is 9.01.